The first kappa shape index (κ1) is 17.2. The highest BCUT2D eigenvalue weighted by Gasteiger charge is 2.44. The van der Waals surface area contributed by atoms with E-state index in [0.29, 0.717) is 17.5 Å². The minimum Gasteiger partial charge on any atom is -0.333 e. The standard InChI is InChI=1S/C22H27N3O/c1-16-11-12-18(14-24-16)22(26)25-15-19(17-8-4-2-5-9-17)21-20(25)10-6-3-7-13-23-21/h2,4-5,8-9,11-12,14,19-21,23H,3,6-7,10,13,15H2,1H3/t19-,20-,21-/m0/s1. The zero-order valence-electron chi connectivity index (χ0n) is 15.4. The third-order valence-corrected chi connectivity index (χ3v) is 5.85. The van der Waals surface area contributed by atoms with Crippen LogP contribution in [0.4, 0.5) is 0 Å². The van der Waals surface area contributed by atoms with Crippen molar-refractivity contribution in [2.75, 3.05) is 13.1 Å². The van der Waals surface area contributed by atoms with Gasteiger partial charge in [0.1, 0.15) is 0 Å². The Balaban J connectivity index is 1.65. The number of carbonyl (C=O) groups excluding carboxylic acids is 1. The van der Waals surface area contributed by atoms with E-state index in [9.17, 15) is 4.79 Å². The third kappa shape index (κ3) is 3.38. The van der Waals surface area contributed by atoms with Crippen molar-refractivity contribution in [2.24, 2.45) is 0 Å². The fourth-order valence-corrected chi connectivity index (χ4v) is 4.47. The first-order chi connectivity index (χ1) is 12.7. The lowest BCUT2D eigenvalue weighted by Gasteiger charge is -2.31. The molecule has 2 aromatic rings. The molecule has 4 heteroatoms. The number of fused-ring (bicyclic) bond motifs is 1. The second-order valence-electron chi connectivity index (χ2n) is 7.56. The largest absolute Gasteiger partial charge is 0.333 e. The Kier molecular flexibility index (Phi) is 5.02. The third-order valence-electron chi connectivity index (χ3n) is 5.85. The average Bonchev–Trinajstić information content (AvgIpc) is 2.99. The molecule has 3 atom stereocenters. The van der Waals surface area contributed by atoms with Crippen molar-refractivity contribution < 1.29 is 4.79 Å². The van der Waals surface area contributed by atoms with Gasteiger partial charge in [-0.3, -0.25) is 9.78 Å². The number of amides is 1. The van der Waals surface area contributed by atoms with Gasteiger partial charge in [0.25, 0.3) is 5.91 Å². The Morgan fingerprint density at radius 1 is 1.12 bits per heavy atom. The van der Waals surface area contributed by atoms with Crippen molar-refractivity contribution >= 4 is 5.91 Å². The van der Waals surface area contributed by atoms with Crippen LogP contribution >= 0.6 is 0 Å². The first-order valence-electron chi connectivity index (χ1n) is 9.76. The van der Waals surface area contributed by atoms with E-state index in [0.717, 1.165) is 25.2 Å². The number of aromatic nitrogens is 1. The summed E-state index contributed by atoms with van der Waals surface area (Å²) in [7, 11) is 0. The number of aryl methyl sites for hydroxylation is 1. The van der Waals surface area contributed by atoms with Gasteiger partial charge in [-0.05, 0) is 44.0 Å². The van der Waals surface area contributed by atoms with E-state index >= 15 is 0 Å². The molecule has 0 spiro atoms. The van der Waals surface area contributed by atoms with Crippen LogP contribution in [0.25, 0.3) is 0 Å². The molecule has 0 bridgehead atoms. The highest BCUT2D eigenvalue weighted by atomic mass is 16.2. The molecule has 2 fully saturated rings. The molecule has 1 N–H and O–H groups in total. The number of hydrogen-bond donors (Lipinski definition) is 1. The molecule has 2 aliphatic heterocycles. The molecule has 0 aliphatic carbocycles. The van der Waals surface area contributed by atoms with Gasteiger partial charge < -0.3 is 10.2 Å². The maximum atomic E-state index is 13.2. The van der Waals surface area contributed by atoms with Gasteiger partial charge >= 0.3 is 0 Å². The maximum absolute atomic E-state index is 13.2. The van der Waals surface area contributed by atoms with Crippen molar-refractivity contribution in [3.63, 3.8) is 0 Å². The highest BCUT2D eigenvalue weighted by molar-refractivity contribution is 5.94. The zero-order valence-corrected chi connectivity index (χ0v) is 15.4. The molecule has 4 nitrogen and oxygen atoms in total. The Morgan fingerprint density at radius 3 is 2.73 bits per heavy atom. The summed E-state index contributed by atoms with van der Waals surface area (Å²) < 4.78 is 0. The number of hydrogen-bond acceptors (Lipinski definition) is 3. The van der Waals surface area contributed by atoms with Crippen LogP contribution in [0.5, 0.6) is 0 Å². The summed E-state index contributed by atoms with van der Waals surface area (Å²) >= 11 is 0. The van der Waals surface area contributed by atoms with Gasteiger partial charge in [-0.15, -0.1) is 0 Å². The van der Waals surface area contributed by atoms with Gasteiger partial charge in [-0.1, -0.05) is 43.2 Å². The van der Waals surface area contributed by atoms with E-state index in [1.54, 1.807) is 6.20 Å². The van der Waals surface area contributed by atoms with E-state index in [-0.39, 0.29) is 11.9 Å². The molecule has 2 saturated heterocycles. The SMILES string of the molecule is Cc1ccc(C(=O)N2C[C@@H](c3ccccc3)[C@@H]3NCCCCC[C@@H]32)cn1. The molecular weight excluding hydrogens is 322 g/mol. The van der Waals surface area contributed by atoms with Crippen LogP contribution in [0.1, 0.15) is 53.2 Å². The molecule has 0 radical (unpaired) electrons. The summed E-state index contributed by atoms with van der Waals surface area (Å²) in [5.41, 5.74) is 2.97. The molecule has 1 aromatic carbocycles. The van der Waals surface area contributed by atoms with Gasteiger partial charge in [0, 0.05) is 36.4 Å². The van der Waals surface area contributed by atoms with Crippen LogP contribution in [-0.2, 0) is 0 Å². The van der Waals surface area contributed by atoms with Crippen LogP contribution in [0, 0.1) is 6.92 Å². The number of likely N-dealkylation sites (tertiary alicyclic amines) is 1. The van der Waals surface area contributed by atoms with Crippen LogP contribution in [-0.4, -0.2) is 41.0 Å². The van der Waals surface area contributed by atoms with E-state index in [1.165, 1.54) is 24.8 Å². The molecule has 1 amide bonds. The number of carbonyl (C=O) groups is 1. The Morgan fingerprint density at radius 2 is 1.96 bits per heavy atom. The topological polar surface area (TPSA) is 45.2 Å². The van der Waals surface area contributed by atoms with Gasteiger partial charge in [0.05, 0.1) is 5.56 Å². The zero-order chi connectivity index (χ0) is 17.9. The monoisotopic (exact) mass is 349 g/mol. The molecule has 3 heterocycles. The number of nitrogens with zero attached hydrogens (tertiary/aromatic N) is 2. The summed E-state index contributed by atoms with van der Waals surface area (Å²) in [5.74, 6) is 0.468. The van der Waals surface area contributed by atoms with Gasteiger partial charge in [-0.25, -0.2) is 0 Å². The Hall–Kier alpha value is -2.20. The predicted octanol–water partition coefficient (Wildman–Crippen LogP) is 3.53. The molecule has 0 unspecified atom stereocenters. The first-order valence-corrected chi connectivity index (χ1v) is 9.76. The summed E-state index contributed by atoms with van der Waals surface area (Å²) in [6.07, 6.45) is 6.45. The molecule has 4 rings (SSSR count). The van der Waals surface area contributed by atoms with E-state index in [4.69, 9.17) is 0 Å². The van der Waals surface area contributed by atoms with Crippen molar-refractivity contribution in [3.05, 3.63) is 65.5 Å². The van der Waals surface area contributed by atoms with Gasteiger partial charge in [0.2, 0.25) is 0 Å². The fourth-order valence-electron chi connectivity index (χ4n) is 4.47. The molecule has 136 valence electrons. The molecular formula is C22H27N3O. The summed E-state index contributed by atoms with van der Waals surface area (Å²) in [4.78, 5) is 19.7. The summed E-state index contributed by atoms with van der Waals surface area (Å²) in [6, 6.07) is 15.1. The lowest BCUT2D eigenvalue weighted by Crippen LogP contribution is -2.47. The van der Waals surface area contributed by atoms with Crippen LogP contribution < -0.4 is 5.32 Å². The van der Waals surface area contributed by atoms with E-state index in [2.05, 4.69) is 45.5 Å². The number of pyridine rings is 1. The summed E-state index contributed by atoms with van der Waals surface area (Å²) in [6.45, 7) is 3.77. The molecule has 1 aromatic heterocycles. The number of benzene rings is 1. The quantitative estimate of drug-likeness (QED) is 0.902. The number of rotatable bonds is 2. The minimum absolute atomic E-state index is 0.119. The average molecular weight is 349 g/mol. The van der Waals surface area contributed by atoms with Crippen molar-refractivity contribution in [1.82, 2.24) is 15.2 Å². The van der Waals surface area contributed by atoms with Gasteiger partial charge in [-0.2, -0.15) is 0 Å². The predicted molar refractivity (Wildman–Crippen MR) is 103 cm³/mol. The highest BCUT2D eigenvalue weighted by Crippen LogP contribution is 2.36. The lowest BCUT2D eigenvalue weighted by atomic mass is 9.88. The molecule has 2 aliphatic rings. The van der Waals surface area contributed by atoms with E-state index in [1.807, 2.05) is 19.1 Å². The molecule has 26 heavy (non-hydrogen) atoms. The molecule has 0 saturated carbocycles. The van der Waals surface area contributed by atoms with Crippen LogP contribution in [0.15, 0.2) is 48.7 Å². The smallest absolute Gasteiger partial charge is 0.255 e. The van der Waals surface area contributed by atoms with Crippen LogP contribution in [0.2, 0.25) is 0 Å². The van der Waals surface area contributed by atoms with Crippen molar-refractivity contribution in [3.8, 4) is 0 Å². The van der Waals surface area contributed by atoms with Crippen LogP contribution in [0.3, 0.4) is 0 Å². The lowest BCUT2D eigenvalue weighted by molar-refractivity contribution is 0.0712. The second-order valence-corrected chi connectivity index (χ2v) is 7.56. The normalized spacial score (nSPS) is 26.0. The van der Waals surface area contributed by atoms with Gasteiger partial charge in [0.15, 0.2) is 0 Å². The fraction of sp³-hybridized carbons (Fsp3) is 0.455. The Bertz CT molecular complexity index is 744. The van der Waals surface area contributed by atoms with Crippen molar-refractivity contribution in [2.45, 2.75) is 50.6 Å². The maximum Gasteiger partial charge on any atom is 0.255 e. The second kappa shape index (κ2) is 7.58. The number of nitrogens with one attached hydrogen (secondary N) is 1. The van der Waals surface area contributed by atoms with Crippen molar-refractivity contribution in [1.29, 1.82) is 0 Å². The Labute approximate surface area is 155 Å². The minimum atomic E-state index is 0.119. The summed E-state index contributed by atoms with van der Waals surface area (Å²) in [5, 5.41) is 3.77. The van der Waals surface area contributed by atoms with E-state index < -0.39 is 0 Å².